The largest absolute Gasteiger partial charge is 0.494 e. The van der Waals surface area contributed by atoms with Crippen LogP contribution in [0.3, 0.4) is 0 Å². The lowest BCUT2D eigenvalue weighted by Crippen LogP contribution is -2.31. The Kier molecular flexibility index (Phi) is 7.02. The highest BCUT2D eigenvalue weighted by molar-refractivity contribution is 6.06. The molecule has 0 fully saturated rings. The number of amides is 1. The van der Waals surface area contributed by atoms with E-state index in [4.69, 9.17) is 4.74 Å². The van der Waals surface area contributed by atoms with Crippen LogP contribution in [0.2, 0.25) is 0 Å². The highest BCUT2D eigenvalue weighted by Crippen LogP contribution is 2.35. The SMILES string of the molecule is CCCCCCOc1ccc(C2C(C(=O)Nc3cccc(C)c3)=C(C)Nc3nnnn32)cc1. The summed E-state index contributed by atoms with van der Waals surface area (Å²) in [6.45, 7) is 6.76. The normalized spacial score (nSPS) is 15.1. The van der Waals surface area contributed by atoms with Crippen LogP contribution in [0.5, 0.6) is 5.75 Å². The molecule has 2 N–H and O–H groups in total. The average Bonchev–Trinajstić information content (AvgIpc) is 3.26. The molecule has 2 aromatic carbocycles. The van der Waals surface area contributed by atoms with Crippen molar-refractivity contribution in [1.29, 1.82) is 0 Å². The van der Waals surface area contributed by atoms with E-state index in [-0.39, 0.29) is 5.91 Å². The number of unbranched alkanes of at least 4 members (excludes halogenated alkanes) is 3. The van der Waals surface area contributed by atoms with Crippen LogP contribution >= 0.6 is 0 Å². The van der Waals surface area contributed by atoms with Crippen LogP contribution in [-0.4, -0.2) is 32.7 Å². The highest BCUT2D eigenvalue weighted by Gasteiger charge is 2.34. The van der Waals surface area contributed by atoms with Gasteiger partial charge >= 0.3 is 0 Å². The molecular formula is C25H30N6O2. The Balaban J connectivity index is 1.57. The third-order valence-electron chi connectivity index (χ3n) is 5.70. The third kappa shape index (κ3) is 5.22. The Hall–Kier alpha value is -3.68. The molecule has 3 aromatic rings. The predicted molar refractivity (Wildman–Crippen MR) is 128 cm³/mol. The number of nitrogens with one attached hydrogen (secondary N) is 2. The number of carbonyl (C=O) groups excluding carboxylic acids is 1. The van der Waals surface area contributed by atoms with Crippen molar-refractivity contribution >= 4 is 17.5 Å². The molecule has 0 radical (unpaired) electrons. The molecule has 1 amide bonds. The Morgan fingerprint density at radius 3 is 2.70 bits per heavy atom. The molecule has 0 aliphatic carbocycles. The maximum Gasteiger partial charge on any atom is 0.255 e. The summed E-state index contributed by atoms with van der Waals surface area (Å²) >= 11 is 0. The van der Waals surface area contributed by atoms with Gasteiger partial charge in [-0.15, -0.1) is 0 Å². The summed E-state index contributed by atoms with van der Waals surface area (Å²) in [5, 5.41) is 18.2. The molecule has 172 valence electrons. The fourth-order valence-electron chi connectivity index (χ4n) is 4.00. The average molecular weight is 447 g/mol. The fourth-order valence-corrected chi connectivity index (χ4v) is 4.00. The first-order valence-corrected chi connectivity index (χ1v) is 11.4. The quantitative estimate of drug-likeness (QED) is 0.456. The number of fused-ring (bicyclic) bond motifs is 1. The number of aromatic nitrogens is 4. The first-order chi connectivity index (χ1) is 16.1. The zero-order valence-electron chi connectivity index (χ0n) is 19.3. The van der Waals surface area contributed by atoms with Crippen molar-refractivity contribution < 1.29 is 9.53 Å². The Morgan fingerprint density at radius 2 is 1.94 bits per heavy atom. The van der Waals surface area contributed by atoms with Crippen LogP contribution in [-0.2, 0) is 4.79 Å². The summed E-state index contributed by atoms with van der Waals surface area (Å²) in [6, 6.07) is 15.1. The van der Waals surface area contributed by atoms with Crippen LogP contribution in [0.1, 0.15) is 56.7 Å². The van der Waals surface area contributed by atoms with E-state index in [1.807, 2.05) is 62.4 Å². The van der Waals surface area contributed by atoms with Crippen molar-refractivity contribution in [1.82, 2.24) is 20.2 Å². The molecule has 0 saturated heterocycles. The number of carbonyl (C=O) groups is 1. The molecule has 8 heteroatoms. The first kappa shape index (κ1) is 22.5. The summed E-state index contributed by atoms with van der Waals surface area (Å²) in [6.07, 6.45) is 4.65. The Bertz CT molecular complexity index is 1140. The number of rotatable bonds is 9. The van der Waals surface area contributed by atoms with E-state index in [1.54, 1.807) is 4.68 Å². The zero-order valence-corrected chi connectivity index (χ0v) is 19.3. The van der Waals surface area contributed by atoms with Gasteiger partial charge in [0, 0.05) is 11.4 Å². The lowest BCUT2D eigenvalue weighted by atomic mass is 9.95. The molecule has 1 aliphatic rings. The number of nitrogens with zero attached hydrogens (tertiary/aromatic N) is 4. The van der Waals surface area contributed by atoms with Crippen LogP contribution in [0, 0.1) is 6.92 Å². The molecule has 0 spiro atoms. The Morgan fingerprint density at radius 1 is 1.12 bits per heavy atom. The molecule has 1 unspecified atom stereocenters. The van der Waals surface area contributed by atoms with Gasteiger partial charge in [0.25, 0.3) is 5.91 Å². The van der Waals surface area contributed by atoms with Gasteiger partial charge < -0.3 is 15.4 Å². The van der Waals surface area contributed by atoms with Crippen molar-refractivity contribution in [2.45, 2.75) is 52.5 Å². The summed E-state index contributed by atoms with van der Waals surface area (Å²) in [5.74, 6) is 1.11. The summed E-state index contributed by atoms with van der Waals surface area (Å²) in [4.78, 5) is 13.4. The predicted octanol–water partition coefficient (Wildman–Crippen LogP) is 4.87. The van der Waals surface area contributed by atoms with Crippen LogP contribution in [0.25, 0.3) is 0 Å². The molecule has 0 saturated carbocycles. The smallest absolute Gasteiger partial charge is 0.255 e. The molecule has 33 heavy (non-hydrogen) atoms. The molecule has 2 heterocycles. The van der Waals surface area contributed by atoms with E-state index >= 15 is 0 Å². The number of benzene rings is 2. The number of hydrogen-bond acceptors (Lipinski definition) is 6. The minimum atomic E-state index is -0.459. The van der Waals surface area contributed by atoms with Gasteiger partial charge in [0.2, 0.25) is 5.95 Å². The van der Waals surface area contributed by atoms with Crippen molar-refractivity contribution in [3.05, 3.63) is 70.9 Å². The second-order valence-electron chi connectivity index (χ2n) is 8.32. The first-order valence-electron chi connectivity index (χ1n) is 11.4. The number of ether oxygens (including phenoxy) is 1. The zero-order chi connectivity index (χ0) is 23.2. The van der Waals surface area contributed by atoms with Crippen molar-refractivity contribution in [3.8, 4) is 5.75 Å². The number of aryl methyl sites for hydroxylation is 1. The van der Waals surface area contributed by atoms with E-state index in [2.05, 4.69) is 33.1 Å². The van der Waals surface area contributed by atoms with Crippen LogP contribution in [0.15, 0.2) is 59.8 Å². The number of allylic oxidation sites excluding steroid dienone is 1. The van der Waals surface area contributed by atoms with Crippen LogP contribution < -0.4 is 15.4 Å². The van der Waals surface area contributed by atoms with E-state index < -0.39 is 6.04 Å². The molecule has 1 aliphatic heterocycles. The lowest BCUT2D eigenvalue weighted by molar-refractivity contribution is -0.113. The Labute approximate surface area is 194 Å². The standard InChI is InChI=1S/C25H30N6O2/c1-4-5-6-7-15-33-21-13-11-19(12-14-21)23-22(18(3)26-25-28-29-30-31(23)25)24(32)27-20-10-8-9-17(2)16-20/h8-14,16,23H,4-7,15H2,1-3H3,(H,27,32)(H,26,28,30). The van der Waals surface area contributed by atoms with Gasteiger partial charge in [-0.25, -0.2) is 0 Å². The van der Waals surface area contributed by atoms with E-state index in [0.717, 1.165) is 29.0 Å². The number of tetrazole rings is 1. The molecular weight excluding hydrogens is 416 g/mol. The fraction of sp³-hybridized carbons (Fsp3) is 0.360. The molecule has 1 aromatic heterocycles. The monoisotopic (exact) mass is 446 g/mol. The van der Waals surface area contributed by atoms with E-state index in [9.17, 15) is 4.79 Å². The highest BCUT2D eigenvalue weighted by atomic mass is 16.5. The summed E-state index contributed by atoms with van der Waals surface area (Å²) in [7, 11) is 0. The van der Waals surface area contributed by atoms with Crippen molar-refractivity contribution in [3.63, 3.8) is 0 Å². The summed E-state index contributed by atoms with van der Waals surface area (Å²) in [5.41, 5.74) is 3.99. The number of anilines is 2. The number of hydrogen-bond donors (Lipinski definition) is 2. The topological polar surface area (TPSA) is 94.0 Å². The third-order valence-corrected chi connectivity index (χ3v) is 5.70. The van der Waals surface area contributed by atoms with Crippen LogP contribution in [0.4, 0.5) is 11.6 Å². The van der Waals surface area contributed by atoms with Gasteiger partial charge in [-0.3, -0.25) is 4.79 Å². The van der Waals surface area contributed by atoms with Crippen molar-refractivity contribution in [2.75, 3.05) is 17.2 Å². The molecule has 8 nitrogen and oxygen atoms in total. The molecule has 4 rings (SSSR count). The van der Waals surface area contributed by atoms with Gasteiger partial charge in [0.15, 0.2) is 0 Å². The van der Waals surface area contributed by atoms with Gasteiger partial charge in [-0.2, -0.15) is 4.68 Å². The second-order valence-corrected chi connectivity index (χ2v) is 8.32. The van der Waals surface area contributed by atoms with Gasteiger partial charge in [-0.05, 0) is 66.1 Å². The minimum absolute atomic E-state index is 0.201. The molecule has 0 bridgehead atoms. The van der Waals surface area contributed by atoms with Crippen molar-refractivity contribution in [2.24, 2.45) is 0 Å². The van der Waals surface area contributed by atoms with Gasteiger partial charge in [0.1, 0.15) is 11.8 Å². The van der Waals surface area contributed by atoms with E-state index in [1.165, 1.54) is 19.3 Å². The maximum absolute atomic E-state index is 13.4. The lowest BCUT2D eigenvalue weighted by Gasteiger charge is -2.28. The van der Waals surface area contributed by atoms with E-state index in [0.29, 0.717) is 23.8 Å². The second kappa shape index (κ2) is 10.3. The minimum Gasteiger partial charge on any atom is -0.494 e. The maximum atomic E-state index is 13.4. The molecule has 1 atom stereocenters. The van der Waals surface area contributed by atoms with Gasteiger partial charge in [0.05, 0.1) is 12.2 Å². The summed E-state index contributed by atoms with van der Waals surface area (Å²) < 4.78 is 7.52. The van der Waals surface area contributed by atoms with Gasteiger partial charge in [-0.1, -0.05) is 55.6 Å².